The Morgan fingerprint density at radius 2 is 1.89 bits per heavy atom. The molecular formula is C24H16ClIN2O6S. The minimum atomic E-state index is -0.461. The van der Waals surface area contributed by atoms with Gasteiger partial charge in [0.05, 0.1) is 26.2 Å². The van der Waals surface area contributed by atoms with E-state index >= 15 is 0 Å². The maximum atomic E-state index is 12.9. The fraction of sp³-hybridized carbons (Fsp3) is 0.0833. The summed E-state index contributed by atoms with van der Waals surface area (Å²) < 4.78 is 12.1. The lowest BCUT2D eigenvalue weighted by atomic mass is 10.1. The van der Waals surface area contributed by atoms with E-state index in [2.05, 4.69) is 22.6 Å². The Kier molecular flexibility index (Phi) is 7.63. The van der Waals surface area contributed by atoms with Crippen molar-refractivity contribution >= 4 is 74.6 Å². The van der Waals surface area contributed by atoms with E-state index in [9.17, 15) is 19.7 Å². The van der Waals surface area contributed by atoms with Gasteiger partial charge in [-0.3, -0.25) is 19.7 Å². The highest BCUT2D eigenvalue weighted by Gasteiger charge is 2.36. The summed E-state index contributed by atoms with van der Waals surface area (Å²) >= 11 is 8.83. The average molecular weight is 623 g/mol. The summed E-state index contributed by atoms with van der Waals surface area (Å²) in [6, 6.07) is 16.1. The van der Waals surface area contributed by atoms with Gasteiger partial charge in [-0.2, -0.15) is 0 Å². The fourth-order valence-electron chi connectivity index (χ4n) is 3.31. The van der Waals surface area contributed by atoms with Crippen molar-refractivity contribution in [3.63, 3.8) is 0 Å². The number of benzene rings is 3. The van der Waals surface area contributed by atoms with Gasteiger partial charge in [0.25, 0.3) is 16.8 Å². The van der Waals surface area contributed by atoms with Crippen molar-refractivity contribution in [3.05, 3.63) is 95.4 Å². The van der Waals surface area contributed by atoms with Gasteiger partial charge in [0.2, 0.25) is 0 Å². The number of hydrogen-bond acceptors (Lipinski definition) is 7. The second kappa shape index (κ2) is 10.7. The molecule has 0 atom stereocenters. The maximum Gasteiger partial charge on any atom is 0.298 e. The van der Waals surface area contributed by atoms with Crippen LogP contribution in [0.25, 0.3) is 6.08 Å². The molecule has 11 heteroatoms. The first-order valence-corrected chi connectivity index (χ1v) is 12.3. The van der Waals surface area contributed by atoms with Crippen molar-refractivity contribution in [1.29, 1.82) is 0 Å². The fourth-order valence-corrected chi connectivity index (χ4v) is 5.06. The smallest absolute Gasteiger partial charge is 0.298 e. The summed E-state index contributed by atoms with van der Waals surface area (Å²) in [5.41, 5.74) is 1.71. The number of carbonyl (C=O) groups excluding carboxylic acids is 2. The molecule has 35 heavy (non-hydrogen) atoms. The van der Waals surface area contributed by atoms with Crippen LogP contribution >= 0.6 is 46.0 Å². The Morgan fingerprint density at radius 1 is 1.14 bits per heavy atom. The molecule has 4 rings (SSSR count). The third-order valence-corrected chi connectivity index (χ3v) is 6.86. The molecule has 1 fully saturated rings. The van der Waals surface area contributed by atoms with Crippen LogP contribution in [0.3, 0.4) is 0 Å². The number of hydrogen-bond donors (Lipinski definition) is 0. The number of nitro groups is 1. The highest BCUT2D eigenvalue weighted by atomic mass is 127. The molecule has 2 amide bonds. The van der Waals surface area contributed by atoms with Gasteiger partial charge in [0.15, 0.2) is 11.5 Å². The molecule has 3 aromatic carbocycles. The predicted molar refractivity (Wildman–Crippen MR) is 143 cm³/mol. The van der Waals surface area contributed by atoms with Gasteiger partial charge in [-0.25, -0.2) is 4.90 Å². The van der Waals surface area contributed by atoms with Gasteiger partial charge in [0, 0.05) is 17.2 Å². The number of imide groups is 1. The number of rotatable bonds is 7. The molecule has 0 bridgehead atoms. The zero-order valence-corrected chi connectivity index (χ0v) is 21.8. The van der Waals surface area contributed by atoms with E-state index in [1.807, 2.05) is 0 Å². The van der Waals surface area contributed by atoms with Crippen LogP contribution in [-0.2, 0) is 11.4 Å². The predicted octanol–water partition coefficient (Wildman–Crippen LogP) is 6.68. The minimum absolute atomic E-state index is 0.0179. The first-order valence-electron chi connectivity index (χ1n) is 10.0. The number of thioether (sulfide) groups is 1. The highest BCUT2D eigenvalue weighted by molar-refractivity contribution is 14.1. The molecule has 1 heterocycles. The van der Waals surface area contributed by atoms with Crippen molar-refractivity contribution in [1.82, 2.24) is 0 Å². The zero-order valence-electron chi connectivity index (χ0n) is 18.1. The summed E-state index contributed by atoms with van der Waals surface area (Å²) in [6.07, 6.45) is 1.62. The number of carbonyl (C=O) groups is 2. The molecule has 0 unspecified atom stereocenters. The summed E-state index contributed by atoms with van der Waals surface area (Å²) in [5, 5.41) is 11.1. The largest absolute Gasteiger partial charge is 0.493 e. The molecule has 3 aromatic rings. The second-order valence-corrected chi connectivity index (χ2v) is 9.84. The van der Waals surface area contributed by atoms with Crippen LogP contribution < -0.4 is 14.4 Å². The van der Waals surface area contributed by atoms with E-state index in [0.717, 1.165) is 16.7 Å². The Bertz CT molecular complexity index is 1360. The number of amides is 2. The van der Waals surface area contributed by atoms with Crippen LogP contribution in [0.5, 0.6) is 11.5 Å². The Balaban J connectivity index is 1.56. The van der Waals surface area contributed by atoms with E-state index in [0.29, 0.717) is 36.9 Å². The van der Waals surface area contributed by atoms with E-state index in [4.69, 9.17) is 21.1 Å². The lowest BCUT2D eigenvalue weighted by Crippen LogP contribution is -2.27. The number of halogens is 2. The van der Waals surface area contributed by atoms with E-state index in [1.54, 1.807) is 54.6 Å². The Morgan fingerprint density at radius 3 is 2.57 bits per heavy atom. The van der Waals surface area contributed by atoms with Crippen LogP contribution in [0.2, 0.25) is 5.02 Å². The van der Waals surface area contributed by atoms with Crippen molar-refractivity contribution in [2.45, 2.75) is 6.61 Å². The van der Waals surface area contributed by atoms with E-state index in [1.165, 1.54) is 19.2 Å². The van der Waals surface area contributed by atoms with Crippen LogP contribution in [-0.4, -0.2) is 23.2 Å². The van der Waals surface area contributed by atoms with Crippen LogP contribution in [0.1, 0.15) is 11.1 Å². The molecule has 0 N–H and O–H groups in total. The monoisotopic (exact) mass is 622 g/mol. The topological polar surface area (TPSA) is 99.0 Å². The summed E-state index contributed by atoms with van der Waals surface area (Å²) in [4.78, 5) is 37.3. The number of nitro benzene ring substituents is 1. The quantitative estimate of drug-likeness (QED) is 0.125. The first-order chi connectivity index (χ1) is 16.8. The number of ether oxygens (including phenoxy) is 2. The van der Waals surface area contributed by atoms with E-state index < -0.39 is 16.1 Å². The Labute approximate surface area is 223 Å². The molecule has 1 aliphatic heterocycles. The lowest BCUT2D eigenvalue weighted by Gasteiger charge is -2.14. The molecule has 0 saturated carbocycles. The van der Waals surface area contributed by atoms with Crippen LogP contribution in [0.4, 0.5) is 16.2 Å². The second-order valence-electron chi connectivity index (χ2n) is 7.24. The molecule has 178 valence electrons. The average Bonchev–Trinajstić information content (AvgIpc) is 3.11. The van der Waals surface area contributed by atoms with Gasteiger partial charge in [-0.15, -0.1) is 0 Å². The van der Waals surface area contributed by atoms with Gasteiger partial charge in [-0.05, 0) is 88.0 Å². The van der Waals surface area contributed by atoms with Crippen molar-refractivity contribution < 1.29 is 24.0 Å². The minimum Gasteiger partial charge on any atom is -0.493 e. The van der Waals surface area contributed by atoms with Gasteiger partial charge < -0.3 is 9.47 Å². The van der Waals surface area contributed by atoms with Crippen LogP contribution in [0.15, 0.2) is 65.6 Å². The van der Waals surface area contributed by atoms with Gasteiger partial charge in [-0.1, -0.05) is 23.7 Å². The summed E-state index contributed by atoms with van der Waals surface area (Å²) in [7, 11) is 1.49. The third kappa shape index (κ3) is 5.60. The Hall–Kier alpha value is -3.09. The molecule has 0 radical (unpaired) electrons. The normalized spacial score (nSPS) is 14.5. The molecular weight excluding hydrogens is 607 g/mol. The van der Waals surface area contributed by atoms with Gasteiger partial charge in [0.1, 0.15) is 6.61 Å². The first kappa shape index (κ1) is 25.0. The lowest BCUT2D eigenvalue weighted by molar-refractivity contribution is -0.384. The SMILES string of the molecule is COc1cc(/C=C2/SC(=O)N(c3ccc(Cl)cc3)C2=O)cc(I)c1OCc1cccc([N+](=O)[O-])c1. The van der Waals surface area contributed by atoms with Crippen molar-refractivity contribution in [2.24, 2.45) is 0 Å². The third-order valence-electron chi connectivity index (χ3n) is 4.93. The molecule has 1 saturated heterocycles. The molecule has 0 aromatic heterocycles. The maximum absolute atomic E-state index is 12.9. The standard InChI is InChI=1S/C24H16ClIN2O6S/c1-33-20-11-15(10-19(26)22(20)34-13-14-3-2-4-18(9-14)28(31)32)12-21-23(29)27(24(30)35-21)17-7-5-16(25)6-8-17/h2-12H,13H2,1H3/b21-12+. The number of nitrogens with zero attached hydrogens (tertiary/aromatic N) is 2. The molecule has 1 aliphatic rings. The highest BCUT2D eigenvalue weighted by Crippen LogP contribution is 2.39. The molecule has 0 spiro atoms. The molecule has 0 aliphatic carbocycles. The van der Waals surface area contributed by atoms with Crippen molar-refractivity contribution in [3.8, 4) is 11.5 Å². The zero-order chi connectivity index (χ0) is 25.1. The van der Waals surface area contributed by atoms with Gasteiger partial charge >= 0.3 is 0 Å². The van der Waals surface area contributed by atoms with Crippen molar-refractivity contribution in [2.75, 3.05) is 12.0 Å². The molecule has 8 nitrogen and oxygen atoms in total. The number of non-ortho nitro benzene ring substituents is 1. The van der Waals surface area contributed by atoms with Crippen LogP contribution in [0, 0.1) is 13.7 Å². The summed E-state index contributed by atoms with van der Waals surface area (Å²) in [5.74, 6) is 0.457. The summed E-state index contributed by atoms with van der Waals surface area (Å²) in [6.45, 7) is 0.105. The number of anilines is 1. The number of methoxy groups -OCH3 is 1. The van der Waals surface area contributed by atoms with E-state index in [-0.39, 0.29) is 17.2 Å².